The second-order valence-corrected chi connectivity index (χ2v) is 4.46. The average Bonchev–Trinajstić information content (AvgIpc) is 2.40. The minimum atomic E-state index is -0.113. The van der Waals surface area contributed by atoms with Crippen molar-refractivity contribution in [1.82, 2.24) is 4.98 Å². The van der Waals surface area contributed by atoms with E-state index in [1.165, 1.54) is 12.1 Å². The van der Waals surface area contributed by atoms with Crippen LogP contribution < -0.4 is 10.2 Å². The van der Waals surface area contributed by atoms with Gasteiger partial charge in [-0.1, -0.05) is 6.07 Å². The van der Waals surface area contributed by atoms with Gasteiger partial charge in [-0.3, -0.25) is 4.98 Å². The summed E-state index contributed by atoms with van der Waals surface area (Å²) in [5.74, 6) is -0.225. The Balaban J connectivity index is 2.12. The first-order valence-electron chi connectivity index (χ1n) is 5.94. The topological polar surface area (TPSA) is 68.6 Å². The Morgan fingerprint density at radius 3 is 2.63 bits per heavy atom. The first kappa shape index (κ1) is 13.0. The number of rotatable bonds is 4. The fraction of sp³-hybridized carbons (Fsp3) is 0.214. The van der Waals surface area contributed by atoms with Crippen molar-refractivity contribution in [2.75, 3.05) is 24.3 Å². The van der Waals surface area contributed by atoms with Crippen molar-refractivity contribution in [2.45, 2.75) is 6.54 Å². The third kappa shape index (κ3) is 3.07. The first-order valence-corrected chi connectivity index (χ1v) is 5.94. The van der Waals surface area contributed by atoms with Crippen LogP contribution in [0.25, 0.3) is 0 Å². The van der Waals surface area contributed by atoms with Gasteiger partial charge in [-0.15, -0.1) is 0 Å². The molecule has 0 aliphatic carbocycles. The van der Waals surface area contributed by atoms with Gasteiger partial charge in [0.25, 0.3) is 0 Å². The second-order valence-electron chi connectivity index (χ2n) is 4.46. The minimum absolute atomic E-state index is 0.112. The predicted octanol–water partition coefficient (Wildman–Crippen LogP) is 2.17. The molecule has 0 unspecified atom stereocenters. The number of nitrogens with zero attached hydrogens (tertiary/aromatic N) is 2. The maximum atomic E-state index is 9.44. The highest BCUT2D eigenvalue weighted by molar-refractivity contribution is 5.68. The normalized spacial score (nSPS) is 10.2. The van der Waals surface area contributed by atoms with Crippen molar-refractivity contribution in [3.8, 4) is 11.5 Å². The molecule has 0 fully saturated rings. The van der Waals surface area contributed by atoms with E-state index in [-0.39, 0.29) is 11.5 Å². The maximum Gasteiger partial charge on any atom is 0.157 e. The molecule has 1 aromatic heterocycles. The number of aromatic nitrogens is 1. The Morgan fingerprint density at radius 1 is 1.16 bits per heavy atom. The monoisotopic (exact) mass is 259 g/mol. The number of aromatic hydroxyl groups is 2. The number of benzene rings is 1. The van der Waals surface area contributed by atoms with Crippen molar-refractivity contribution < 1.29 is 10.2 Å². The van der Waals surface area contributed by atoms with E-state index in [0.717, 1.165) is 16.9 Å². The van der Waals surface area contributed by atoms with E-state index in [1.807, 2.05) is 25.1 Å². The summed E-state index contributed by atoms with van der Waals surface area (Å²) < 4.78 is 0. The van der Waals surface area contributed by atoms with Gasteiger partial charge in [0, 0.05) is 26.8 Å². The van der Waals surface area contributed by atoms with Gasteiger partial charge >= 0.3 is 0 Å². The molecule has 5 heteroatoms. The molecular formula is C14H17N3O2. The van der Waals surface area contributed by atoms with Gasteiger partial charge in [-0.25, -0.2) is 0 Å². The fourth-order valence-electron chi connectivity index (χ4n) is 1.79. The molecule has 1 aromatic carbocycles. The molecule has 2 aromatic rings. The highest BCUT2D eigenvalue weighted by Gasteiger charge is 2.05. The van der Waals surface area contributed by atoms with Crippen molar-refractivity contribution in [3.63, 3.8) is 0 Å². The molecule has 0 aliphatic heterocycles. The highest BCUT2D eigenvalue weighted by Crippen LogP contribution is 2.26. The quantitative estimate of drug-likeness (QED) is 0.734. The summed E-state index contributed by atoms with van der Waals surface area (Å²) in [7, 11) is 3.93. The average molecular weight is 259 g/mol. The third-order valence-corrected chi connectivity index (χ3v) is 2.80. The van der Waals surface area contributed by atoms with Crippen LogP contribution in [0.5, 0.6) is 11.5 Å². The zero-order valence-electron chi connectivity index (χ0n) is 11.0. The molecule has 1 heterocycles. The lowest BCUT2D eigenvalue weighted by Gasteiger charge is -2.17. The molecule has 0 saturated carbocycles. The van der Waals surface area contributed by atoms with E-state index in [1.54, 1.807) is 18.5 Å². The Kier molecular flexibility index (Phi) is 3.75. The van der Waals surface area contributed by atoms with E-state index in [0.29, 0.717) is 6.54 Å². The largest absolute Gasteiger partial charge is 0.504 e. The summed E-state index contributed by atoms with van der Waals surface area (Å²) in [6.45, 7) is 0.542. The summed E-state index contributed by atoms with van der Waals surface area (Å²) in [5, 5.41) is 22.0. The number of anilines is 2. The molecule has 3 N–H and O–H groups in total. The zero-order valence-corrected chi connectivity index (χ0v) is 11.0. The van der Waals surface area contributed by atoms with E-state index >= 15 is 0 Å². The molecule has 0 spiro atoms. The summed E-state index contributed by atoms with van der Waals surface area (Å²) in [6, 6.07) is 6.70. The van der Waals surface area contributed by atoms with Crippen LogP contribution in [-0.2, 0) is 6.54 Å². The smallest absolute Gasteiger partial charge is 0.157 e. The molecule has 0 radical (unpaired) electrons. The van der Waals surface area contributed by atoms with E-state index in [2.05, 4.69) is 10.3 Å². The summed E-state index contributed by atoms with van der Waals surface area (Å²) in [5.41, 5.74) is 2.84. The van der Waals surface area contributed by atoms with Crippen molar-refractivity contribution >= 4 is 11.4 Å². The Bertz CT molecular complexity index is 570. The molecule has 0 amide bonds. The van der Waals surface area contributed by atoms with Gasteiger partial charge in [-0.2, -0.15) is 0 Å². The van der Waals surface area contributed by atoms with Gasteiger partial charge in [-0.05, 0) is 23.8 Å². The van der Waals surface area contributed by atoms with Crippen molar-refractivity contribution in [3.05, 3.63) is 42.2 Å². The number of hydrogen-bond acceptors (Lipinski definition) is 5. The van der Waals surface area contributed by atoms with E-state index < -0.39 is 0 Å². The van der Waals surface area contributed by atoms with Crippen molar-refractivity contribution in [2.24, 2.45) is 0 Å². The SMILES string of the molecule is CN(C)c1ccncc1NCc1ccc(O)c(O)c1. The first-order chi connectivity index (χ1) is 9.08. The lowest BCUT2D eigenvalue weighted by molar-refractivity contribution is 0.403. The Morgan fingerprint density at radius 2 is 1.95 bits per heavy atom. The van der Waals surface area contributed by atoms with Crippen LogP contribution >= 0.6 is 0 Å². The molecule has 19 heavy (non-hydrogen) atoms. The molecule has 100 valence electrons. The van der Waals surface area contributed by atoms with Gasteiger partial charge < -0.3 is 20.4 Å². The highest BCUT2D eigenvalue weighted by atomic mass is 16.3. The summed E-state index contributed by atoms with van der Waals surface area (Å²) >= 11 is 0. The third-order valence-electron chi connectivity index (χ3n) is 2.80. The second kappa shape index (κ2) is 5.48. The standard InChI is InChI=1S/C14H17N3O2/c1-17(2)12-5-6-15-9-11(12)16-8-10-3-4-13(18)14(19)7-10/h3-7,9,16,18-19H,8H2,1-2H3. The molecule has 0 aliphatic rings. The van der Waals surface area contributed by atoms with Crippen LogP contribution in [0.1, 0.15) is 5.56 Å². The van der Waals surface area contributed by atoms with Crippen LogP contribution in [0.3, 0.4) is 0 Å². The lowest BCUT2D eigenvalue weighted by atomic mass is 10.2. The minimum Gasteiger partial charge on any atom is -0.504 e. The van der Waals surface area contributed by atoms with Crippen LogP contribution in [0.2, 0.25) is 0 Å². The molecular weight excluding hydrogens is 242 g/mol. The van der Waals surface area contributed by atoms with Crippen LogP contribution in [0.15, 0.2) is 36.7 Å². The number of pyridine rings is 1. The summed E-state index contributed by atoms with van der Waals surface area (Å²) in [4.78, 5) is 6.09. The molecule has 2 rings (SSSR count). The van der Waals surface area contributed by atoms with Gasteiger partial charge in [0.2, 0.25) is 0 Å². The predicted molar refractivity (Wildman–Crippen MR) is 75.7 cm³/mol. The van der Waals surface area contributed by atoms with E-state index in [9.17, 15) is 10.2 Å². The fourth-order valence-corrected chi connectivity index (χ4v) is 1.79. The Hall–Kier alpha value is -2.43. The van der Waals surface area contributed by atoms with Crippen LogP contribution in [0.4, 0.5) is 11.4 Å². The van der Waals surface area contributed by atoms with Crippen molar-refractivity contribution in [1.29, 1.82) is 0 Å². The van der Waals surface area contributed by atoms with Crippen LogP contribution in [-0.4, -0.2) is 29.3 Å². The van der Waals surface area contributed by atoms with Crippen LogP contribution in [0, 0.1) is 0 Å². The number of nitrogens with one attached hydrogen (secondary N) is 1. The molecule has 0 bridgehead atoms. The van der Waals surface area contributed by atoms with Gasteiger partial charge in [0.05, 0.1) is 17.6 Å². The lowest BCUT2D eigenvalue weighted by Crippen LogP contribution is -2.12. The molecule has 5 nitrogen and oxygen atoms in total. The maximum absolute atomic E-state index is 9.44. The van der Waals surface area contributed by atoms with E-state index in [4.69, 9.17) is 0 Å². The summed E-state index contributed by atoms with van der Waals surface area (Å²) in [6.07, 6.45) is 3.50. The van der Waals surface area contributed by atoms with Gasteiger partial charge in [0.1, 0.15) is 0 Å². The zero-order chi connectivity index (χ0) is 13.8. The Labute approximate surface area is 112 Å². The number of phenols is 2. The number of phenolic OH excluding ortho intramolecular Hbond substituents is 2. The van der Waals surface area contributed by atoms with Gasteiger partial charge in [0.15, 0.2) is 11.5 Å². The molecule has 0 atom stereocenters. The number of hydrogen-bond donors (Lipinski definition) is 3. The molecule has 0 saturated heterocycles.